The summed E-state index contributed by atoms with van der Waals surface area (Å²) in [6.45, 7) is 6.52. The Hall–Kier alpha value is -3.64. The smallest absolute Gasteiger partial charge is 0.0100 e. The predicted molar refractivity (Wildman–Crippen MR) is 137 cm³/mol. The van der Waals surface area contributed by atoms with Gasteiger partial charge < -0.3 is 0 Å². The summed E-state index contributed by atoms with van der Waals surface area (Å²) in [6, 6.07) is 37.0. The van der Waals surface area contributed by atoms with Gasteiger partial charge in [-0.3, -0.25) is 0 Å². The summed E-state index contributed by atoms with van der Waals surface area (Å²) < 4.78 is 0. The van der Waals surface area contributed by atoms with Gasteiger partial charge in [0, 0.05) is 0 Å². The Morgan fingerprint density at radius 2 is 0.968 bits per heavy atom. The quantitative estimate of drug-likeness (QED) is 0.224. The van der Waals surface area contributed by atoms with Crippen LogP contribution < -0.4 is 0 Å². The number of benzene rings is 6. The van der Waals surface area contributed by atoms with E-state index in [9.17, 15) is 0 Å². The lowest BCUT2D eigenvalue weighted by atomic mass is 9.95. The zero-order valence-electron chi connectivity index (χ0n) is 18.3. The third-order valence-electron chi connectivity index (χ3n) is 6.19. The van der Waals surface area contributed by atoms with Crippen molar-refractivity contribution >= 4 is 43.1 Å². The first-order chi connectivity index (χ1) is 15.1. The highest BCUT2D eigenvalue weighted by molar-refractivity contribution is 6.10. The lowest BCUT2D eigenvalue weighted by Gasteiger charge is -2.09. The Morgan fingerprint density at radius 1 is 0.387 bits per heavy atom. The topological polar surface area (TPSA) is 0 Å². The highest BCUT2D eigenvalue weighted by atomic mass is 14.1. The zero-order chi connectivity index (χ0) is 21.4. The first kappa shape index (κ1) is 19.3. The van der Waals surface area contributed by atoms with Crippen molar-refractivity contribution in [3.8, 4) is 0 Å². The summed E-state index contributed by atoms with van der Waals surface area (Å²) >= 11 is 0. The first-order valence-electron chi connectivity index (χ1n) is 10.9. The second-order valence-corrected chi connectivity index (χ2v) is 8.42. The van der Waals surface area contributed by atoms with Gasteiger partial charge in [-0.2, -0.15) is 0 Å². The zero-order valence-corrected chi connectivity index (χ0v) is 18.3. The molecule has 6 aromatic rings. The van der Waals surface area contributed by atoms with E-state index in [2.05, 4.69) is 124 Å². The summed E-state index contributed by atoms with van der Waals surface area (Å²) in [5.74, 6) is 0. The van der Waals surface area contributed by atoms with Crippen LogP contribution in [0, 0.1) is 20.8 Å². The minimum atomic E-state index is 1.32. The van der Waals surface area contributed by atoms with Crippen molar-refractivity contribution in [2.24, 2.45) is 0 Å². The average molecular weight is 399 g/mol. The molecule has 0 bridgehead atoms. The van der Waals surface area contributed by atoms with Gasteiger partial charge in [0.25, 0.3) is 0 Å². The lowest BCUT2D eigenvalue weighted by molar-refractivity contribution is 1.48. The van der Waals surface area contributed by atoms with Crippen LogP contribution in [0.2, 0.25) is 0 Å². The summed E-state index contributed by atoms with van der Waals surface area (Å²) in [7, 11) is 0. The molecule has 0 heteroatoms. The van der Waals surface area contributed by atoms with E-state index in [0.717, 1.165) is 0 Å². The molecule has 31 heavy (non-hydrogen) atoms. The Balaban J connectivity index is 0.000000132. The van der Waals surface area contributed by atoms with Crippen LogP contribution >= 0.6 is 0 Å². The van der Waals surface area contributed by atoms with Gasteiger partial charge in [0.1, 0.15) is 0 Å². The van der Waals surface area contributed by atoms with Crippen molar-refractivity contribution in [3.63, 3.8) is 0 Å². The van der Waals surface area contributed by atoms with E-state index in [1.54, 1.807) is 0 Å². The normalized spacial score (nSPS) is 11.1. The van der Waals surface area contributed by atoms with Crippen LogP contribution in [-0.4, -0.2) is 0 Å². The molecule has 0 aliphatic rings. The molecule has 0 N–H and O–H groups in total. The van der Waals surface area contributed by atoms with Crippen LogP contribution in [0.3, 0.4) is 0 Å². The molecule has 0 saturated heterocycles. The summed E-state index contributed by atoms with van der Waals surface area (Å²) in [5, 5.41) is 10.8. The standard InChI is InChI=1S/C16H14.C15H12/c1-11-6-5-9-15-14-8-4-3-7-13(14)10-12(2)16(11)15;1-11-6-7-13-9-8-12-4-2-3-5-14(12)15(13)10-11/h3-10H,1-2H3;2-10H,1H3. The minimum absolute atomic E-state index is 1.32. The molecule has 0 spiro atoms. The maximum atomic E-state index is 2.28. The number of rotatable bonds is 0. The van der Waals surface area contributed by atoms with Gasteiger partial charge >= 0.3 is 0 Å². The van der Waals surface area contributed by atoms with E-state index in [-0.39, 0.29) is 0 Å². The third-order valence-corrected chi connectivity index (χ3v) is 6.19. The largest absolute Gasteiger partial charge is 0.0616 e. The van der Waals surface area contributed by atoms with Gasteiger partial charge in [0.15, 0.2) is 0 Å². The van der Waals surface area contributed by atoms with Crippen molar-refractivity contribution in [1.29, 1.82) is 0 Å². The monoisotopic (exact) mass is 398 g/mol. The van der Waals surface area contributed by atoms with Crippen molar-refractivity contribution in [1.82, 2.24) is 0 Å². The maximum absolute atomic E-state index is 2.28. The Labute approximate surface area is 183 Å². The molecular formula is C31H26. The van der Waals surface area contributed by atoms with Crippen LogP contribution in [0.1, 0.15) is 16.7 Å². The van der Waals surface area contributed by atoms with Crippen LogP contribution in [0.15, 0.2) is 103 Å². The summed E-state index contributed by atoms with van der Waals surface area (Å²) in [5.41, 5.74) is 4.05. The molecule has 0 aliphatic carbocycles. The summed E-state index contributed by atoms with van der Waals surface area (Å²) in [6.07, 6.45) is 0. The molecule has 0 nitrogen and oxygen atoms in total. The number of aryl methyl sites for hydroxylation is 3. The Kier molecular flexibility index (Phi) is 4.92. The highest BCUT2D eigenvalue weighted by Gasteiger charge is 2.05. The molecule has 0 amide bonds. The van der Waals surface area contributed by atoms with E-state index in [0.29, 0.717) is 0 Å². The number of hydrogen-bond donors (Lipinski definition) is 0. The second kappa shape index (κ2) is 7.89. The maximum Gasteiger partial charge on any atom is -0.0100 e. The fraction of sp³-hybridized carbons (Fsp3) is 0.0968. The van der Waals surface area contributed by atoms with Gasteiger partial charge in [-0.1, -0.05) is 109 Å². The fourth-order valence-corrected chi connectivity index (χ4v) is 4.71. The van der Waals surface area contributed by atoms with E-state index < -0.39 is 0 Å². The molecule has 6 rings (SSSR count). The third kappa shape index (κ3) is 3.55. The minimum Gasteiger partial charge on any atom is -0.0616 e. The van der Waals surface area contributed by atoms with Gasteiger partial charge in [-0.25, -0.2) is 0 Å². The molecule has 0 fully saturated rings. The van der Waals surface area contributed by atoms with Crippen LogP contribution in [0.5, 0.6) is 0 Å². The van der Waals surface area contributed by atoms with Crippen molar-refractivity contribution in [3.05, 3.63) is 120 Å². The molecule has 0 aliphatic heterocycles. The fourth-order valence-electron chi connectivity index (χ4n) is 4.71. The predicted octanol–water partition coefficient (Wildman–Crippen LogP) is 8.91. The molecule has 150 valence electrons. The highest BCUT2D eigenvalue weighted by Crippen LogP contribution is 2.30. The molecule has 0 atom stereocenters. The molecular weight excluding hydrogens is 372 g/mol. The van der Waals surface area contributed by atoms with E-state index in [1.807, 2.05) is 0 Å². The second-order valence-electron chi connectivity index (χ2n) is 8.42. The summed E-state index contributed by atoms with van der Waals surface area (Å²) in [4.78, 5) is 0. The van der Waals surface area contributed by atoms with Gasteiger partial charge in [-0.15, -0.1) is 0 Å². The van der Waals surface area contributed by atoms with E-state index in [4.69, 9.17) is 0 Å². The lowest BCUT2D eigenvalue weighted by Crippen LogP contribution is -1.85. The van der Waals surface area contributed by atoms with Crippen molar-refractivity contribution < 1.29 is 0 Å². The van der Waals surface area contributed by atoms with Crippen molar-refractivity contribution in [2.45, 2.75) is 20.8 Å². The molecule has 0 heterocycles. The average Bonchev–Trinajstić information content (AvgIpc) is 2.79. The van der Waals surface area contributed by atoms with Crippen LogP contribution in [-0.2, 0) is 0 Å². The number of fused-ring (bicyclic) bond motifs is 6. The van der Waals surface area contributed by atoms with Crippen molar-refractivity contribution in [2.75, 3.05) is 0 Å². The number of hydrogen-bond acceptors (Lipinski definition) is 0. The molecule has 6 aromatic carbocycles. The Bertz CT molecular complexity index is 1550. The van der Waals surface area contributed by atoms with Crippen LogP contribution in [0.4, 0.5) is 0 Å². The van der Waals surface area contributed by atoms with E-state index in [1.165, 1.54) is 59.8 Å². The molecule has 0 radical (unpaired) electrons. The van der Waals surface area contributed by atoms with Gasteiger partial charge in [0.2, 0.25) is 0 Å². The van der Waals surface area contributed by atoms with Gasteiger partial charge in [-0.05, 0) is 75.0 Å². The SMILES string of the molecule is Cc1ccc2ccc3ccccc3c2c1.Cc1cccc2c1c(C)cc1ccccc12. The Morgan fingerprint density at radius 3 is 1.74 bits per heavy atom. The molecule has 0 aromatic heterocycles. The molecule has 0 saturated carbocycles. The van der Waals surface area contributed by atoms with Crippen LogP contribution in [0.25, 0.3) is 43.1 Å². The molecule has 0 unspecified atom stereocenters. The first-order valence-corrected chi connectivity index (χ1v) is 10.9. The van der Waals surface area contributed by atoms with E-state index >= 15 is 0 Å². The van der Waals surface area contributed by atoms with Gasteiger partial charge in [0.05, 0.1) is 0 Å².